The SMILES string of the molecule is CCN(CC)C(C)(CC)C(NC)c1ccc(F)c(F)c1. The topological polar surface area (TPSA) is 15.3 Å². The minimum atomic E-state index is -0.801. The van der Waals surface area contributed by atoms with E-state index in [2.05, 4.69) is 37.9 Å². The number of benzene rings is 1. The zero-order chi connectivity index (χ0) is 15.3. The van der Waals surface area contributed by atoms with Crippen LogP contribution in [0.2, 0.25) is 0 Å². The predicted octanol–water partition coefficient (Wildman–Crippen LogP) is 3.74. The van der Waals surface area contributed by atoms with Crippen LogP contribution in [0, 0.1) is 11.6 Å². The van der Waals surface area contributed by atoms with Crippen LogP contribution in [-0.4, -0.2) is 30.6 Å². The molecule has 2 unspecified atom stereocenters. The van der Waals surface area contributed by atoms with Gasteiger partial charge in [-0.3, -0.25) is 4.90 Å². The summed E-state index contributed by atoms with van der Waals surface area (Å²) in [4.78, 5) is 2.36. The van der Waals surface area contributed by atoms with Gasteiger partial charge in [0.25, 0.3) is 0 Å². The van der Waals surface area contributed by atoms with E-state index in [9.17, 15) is 8.78 Å². The standard InChI is InChI=1S/C16H26F2N2/c1-6-16(4,20(7-2)8-3)15(19-5)12-9-10-13(17)14(18)11-12/h9-11,15,19H,6-8H2,1-5H3. The molecule has 20 heavy (non-hydrogen) atoms. The van der Waals surface area contributed by atoms with Crippen molar-refractivity contribution in [2.45, 2.75) is 45.7 Å². The molecule has 0 bridgehead atoms. The third kappa shape index (κ3) is 3.18. The molecule has 0 fully saturated rings. The molecular weight excluding hydrogens is 258 g/mol. The first-order valence-corrected chi connectivity index (χ1v) is 7.31. The maximum absolute atomic E-state index is 13.5. The smallest absolute Gasteiger partial charge is 0.159 e. The highest BCUT2D eigenvalue weighted by molar-refractivity contribution is 5.25. The van der Waals surface area contributed by atoms with Crippen LogP contribution in [0.5, 0.6) is 0 Å². The fraction of sp³-hybridized carbons (Fsp3) is 0.625. The van der Waals surface area contributed by atoms with Gasteiger partial charge in [-0.05, 0) is 51.2 Å². The third-order valence-electron chi connectivity index (χ3n) is 4.39. The lowest BCUT2D eigenvalue weighted by molar-refractivity contribution is 0.0727. The lowest BCUT2D eigenvalue weighted by Crippen LogP contribution is -2.53. The first kappa shape index (κ1) is 17.1. The summed E-state index contributed by atoms with van der Waals surface area (Å²) in [6.07, 6.45) is 0.916. The zero-order valence-electron chi connectivity index (χ0n) is 13.1. The number of halogens is 2. The summed E-state index contributed by atoms with van der Waals surface area (Å²) in [6.45, 7) is 10.4. The molecule has 1 N–H and O–H groups in total. The quantitative estimate of drug-likeness (QED) is 0.820. The largest absolute Gasteiger partial charge is 0.311 e. The summed E-state index contributed by atoms with van der Waals surface area (Å²) in [7, 11) is 1.86. The van der Waals surface area contributed by atoms with Gasteiger partial charge in [0, 0.05) is 5.54 Å². The van der Waals surface area contributed by atoms with Gasteiger partial charge in [0.2, 0.25) is 0 Å². The van der Waals surface area contributed by atoms with Crippen LogP contribution in [0.1, 0.15) is 45.7 Å². The van der Waals surface area contributed by atoms with Gasteiger partial charge in [-0.2, -0.15) is 0 Å². The van der Waals surface area contributed by atoms with Crippen LogP contribution in [0.15, 0.2) is 18.2 Å². The van der Waals surface area contributed by atoms with E-state index in [0.29, 0.717) is 0 Å². The van der Waals surface area contributed by atoms with Crippen molar-refractivity contribution >= 4 is 0 Å². The molecule has 0 aromatic heterocycles. The van der Waals surface area contributed by atoms with Crippen molar-refractivity contribution in [3.05, 3.63) is 35.4 Å². The number of hydrogen-bond donors (Lipinski definition) is 1. The molecule has 0 spiro atoms. The lowest BCUT2D eigenvalue weighted by Gasteiger charge is -2.46. The lowest BCUT2D eigenvalue weighted by atomic mass is 9.82. The highest BCUT2D eigenvalue weighted by Gasteiger charge is 2.37. The van der Waals surface area contributed by atoms with Gasteiger partial charge in [0.1, 0.15) is 0 Å². The monoisotopic (exact) mass is 284 g/mol. The zero-order valence-corrected chi connectivity index (χ0v) is 13.1. The molecule has 1 rings (SSSR count). The highest BCUT2D eigenvalue weighted by Crippen LogP contribution is 2.34. The van der Waals surface area contributed by atoms with Crippen LogP contribution in [-0.2, 0) is 0 Å². The molecular formula is C16H26F2N2. The summed E-state index contributed by atoms with van der Waals surface area (Å²) in [5.41, 5.74) is 0.630. The second-order valence-electron chi connectivity index (χ2n) is 5.28. The van der Waals surface area contributed by atoms with Gasteiger partial charge >= 0.3 is 0 Å². The normalized spacial score (nSPS) is 16.2. The Labute approximate surface area is 121 Å². The number of rotatable bonds is 7. The van der Waals surface area contributed by atoms with Crippen LogP contribution < -0.4 is 5.32 Å². The number of nitrogens with one attached hydrogen (secondary N) is 1. The van der Waals surface area contributed by atoms with Crippen molar-refractivity contribution in [2.75, 3.05) is 20.1 Å². The maximum atomic E-state index is 13.5. The Hall–Kier alpha value is -1.00. The van der Waals surface area contributed by atoms with E-state index in [4.69, 9.17) is 0 Å². The molecule has 1 aromatic carbocycles. The Morgan fingerprint density at radius 2 is 1.75 bits per heavy atom. The molecule has 0 aliphatic rings. The summed E-state index contributed by atoms with van der Waals surface area (Å²) in [5, 5.41) is 3.27. The summed E-state index contributed by atoms with van der Waals surface area (Å²) in [6, 6.07) is 4.11. The molecule has 1 aromatic rings. The van der Waals surface area contributed by atoms with Gasteiger partial charge in [-0.1, -0.05) is 26.8 Å². The van der Waals surface area contributed by atoms with Crippen molar-refractivity contribution in [2.24, 2.45) is 0 Å². The van der Waals surface area contributed by atoms with Crippen LogP contribution >= 0.6 is 0 Å². The average Bonchev–Trinajstić information content (AvgIpc) is 2.44. The van der Waals surface area contributed by atoms with Crippen molar-refractivity contribution in [3.8, 4) is 0 Å². The van der Waals surface area contributed by atoms with Crippen LogP contribution in [0.25, 0.3) is 0 Å². The molecule has 0 saturated heterocycles. The molecule has 0 aliphatic carbocycles. The first-order chi connectivity index (χ1) is 9.44. The minimum absolute atomic E-state index is 0.0532. The Balaban J connectivity index is 3.23. The minimum Gasteiger partial charge on any atom is -0.311 e. The van der Waals surface area contributed by atoms with E-state index in [0.717, 1.165) is 25.1 Å². The second kappa shape index (κ2) is 7.14. The van der Waals surface area contributed by atoms with Gasteiger partial charge in [0.15, 0.2) is 11.6 Å². The summed E-state index contributed by atoms with van der Waals surface area (Å²) < 4.78 is 26.6. The molecule has 0 heterocycles. The van der Waals surface area contributed by atoms with Crippen molar-refractivity contribution in [3.63, 3.8) is 0 Å². The molecule has 4 heteroatoms. The van der Waals surface area contributed by atoms with E-state index in [1.165, 1.54) is 12.1 Å². The molecule has 114 valence electrons. The molecule has 0 aliphatic heterocycles. The molecule has 2 atom stereocenters. The maximum Gasteiger partial charge on any atom is 0.159 e. The molecule has 2 nitrogen and oxygen atoms in total. The fourth-order valence-electron chi connectivity index (χ4n) is 3.08. The Morgan fingerprint density at radius 3 is 2.15 bits per heavy atom. The van der Waals surface area contributed by atoms with E-state index in [1.54, 1.807) is 6.07 Å². The average molecular weight is 284 g/mol. The highest BCUT2D eigenvalue weighted by atomic mass is 19.2. The van der Waals surface area contributed by atoms with Crippen molar-refractivity contribution in [1.29, 1.82) is 0 Å². The first-order valence-electron chi connectivity index (χ1n) is 7.31. The van der Waals surface area contributed by atoms with Crippen LogP contribution in [0.4, 0.5) is 8.78 Å². The van der Waals surface area contributed by atoms with Crippen LogP contribution in [0.3, 0.4) is 0 Å². The van der Waals surface area contributed by atoms with Gasteiger partial charge in [0.05, 0.1) is 6.04 Å². The summed E-state index contributed by atoms with van der Waals surface area (Å²) in [5.74, 6) is -1.59. The van der Waals surface area contributed by atoms with Crippen molar-refractivity contribution in [1.82, 2.24) is 10.2 Å². The Bertz CT molecular complexity index is 432. The molecule has 0 amide bonds. The number of nitrogens with zero attached hydrogens (tertiary/aromatic N) is 1. The van der Waals surface area contributed by atoms with Crippen molar-refractivity contribution < 1.29 is 8.78 Å². The Kier molecular flexibility index (Phi) is 6.08. The molecule has 0 saturated carbocycles. The molecule has 0 radical (unpaired) electrons. The van der Waals surface area contributed by atoms with Gasteiger partial charge in [-0.25, -0.2) is 8.78 Å². The second-order valence-corrected chi connectivity index (χ2v) is 5.28. The van der Waals surface area contributed by atoms with E-state index < -0.39 is 11.6 Å². The van der Waals surface area contributed by atoms with E-state index >= 15 is 0 Å². The van der Waals surface area contributed by atoms with E-state index in [1.807, 2.05) is 7.05 Å². The van der Waals surface area contributed by atoms with Gasteiger partial charge < -0.3 is 5.32 Å². The summed E-state index contributed by atoms with van der Waals surface area (Å²) >= 11 is 0. The fourth-order valence-corrected chi connectivity index (χ4v) is 3.08. The predicted molar refractivity (Wildman–Crippen MR) is 79.8 cm³/mol. The number of hydrogen-bond acceptors (Lipinski definition) is 2. The van der Waals surface area contributed by atoms with E-state index in [-0.39, 0.29) is 11.6 Å². The number of likely N-dealkylation sites (N-methyl/N-ethyl adjacent to an activating group) is 2. The van der Waals surface area contributed by atoms with Gasteiger partial charge in [-0.15, -0.1) is 0 Å². The Morgan fingerprint density at radius 1 is 1.15 bits per heavy atom. The third-order valence-corrected chi connectivity index (χ3v) is 4.39.